The topological polar surface area (TPSA) is 52.0 Å². The van der Waals surface area contributed by atoms with E-state index in [1.165, 1.54) is 0 Å². The number of benzene rings is 1. The summed E-state index contributed by atoms with van der Waals surface area (Å²) in [7, 11) is 0. The number of hydrogen-bond donors (Lipinski definition) is 2. The zero-order valence-corrected chi connectivity index (χ0v) is 8.99. The van der Waals surface area contributed by atoms with Crippen molar-refractivity contribution in [2.24, 2.45) is 5.73 Å². The maximum absolute atomic E-state index is 5.83. The number of anilines is 1. The van der Waals surface area contributed by atoms with Crippen LogP contribution in [0, 0.1) is 11.8 Å². The van der Waals surface area contributed by atoms with Crippen LogP contribution in [0.25, 0.3) is 0 Å². The van der Waals surface area contributed by atoms with Crippen LogP contribution in [0.4, 0.5) is 5.69 Å². The lowest BCUT2D eigenvalue weighted by Gasteiger charge is -2.01. The first kappa shape index (κ1) is 11.2. The summed E-state index contributed by atoms with van der Waals surface area (Å²) in [5, 5.41) is 0.954. The average molecular weight is 229 g/mol. The number of nitrogen functional groups attached to an aromatic ring is 1. The number of rotatable bonds is 1. The smallest absolute Gasteiger partial charge is 0.0663 e. The lowest BCUT2D eigenvalue weighted by molar-refractivity contribution is 1.03. The number of halogens is 2. The molecule has 4 heteroatoms. The summed E-state index contributed by atoms with van der Waals surface area (Å²) in [5.74, 6) is 5.75. The van der Waals surface area contributed by atoms with Crippen molar-refractivity contribution >= 4 is 28.9 Å². The lowest BCUT2D eigenvalue weighted by Crippen LogP contribution is -1.96. The molecule has 0 heterocycles. The highest BCUT2D eigenvalue weighted by atomic mass is 35.5. The van der Waals surface area contributed by atoms with Crippen molar-refractivity contribution in [3.05, 3.63) is 27.7 Å². The fraction of sp³-hybridized carbons (Fsp3) is 0.200. The van der Waals surface area contributed by atoms with Crippen LogP contribution in [-0.2, 0) is 0 Å². The van der Waals surface area contributed by atoms with Gasteiger partial charge in [0.15, 0.2) is 0 Å². The first-order valence-electron chi connectivity index (χ1n) is 4.08. The summed E-state index contributed by atoms with van der Waals surface area (Å²) in [4.78, 5) is 0. The summed E-state index contributed by atoms with van der Waals surface area (Å²) in [6.07, 6.45) is 0.629. The van der Waals surface area contributed by atoms with Crippen LogP contribution in [0.2, 0.25) is 10.0 Å². The monoisotopic (exact) mass is 228 g/mol. The fourth-order valence-corrected chi connectivity index (χ4v) is 1.41. The van der Waals surface area contributed by atoms with Gasteiger partial charge in [-0.3, -0.25) is 0 Å². The maximum atomic E-state index is 5.83. The molecule has 14 heavy (non-hydrogen) atoms. The van der Waals surface area contributed by atoms with Gasteiger partial charge in [0, 0.05) is 18.0 Å². The third kappa shape index (κ3) is 2.81. The van der Waals surface area contributed by atoms with Crippen molar-refractivity contribution < 1.29 is 0 Å². The van der Waals surface area contributed by atoms with Gasteiger partial charge in [0.2, 0.25) is 0 Å². The van der Waals surface area contributed by atoms with Gasteiger partial charge in [0.1, 0.15) is 0 Å². The normalized spacial score (nSPS) is 9.36. The number of hydrogen-bond acceptors (Lipinski definition) is 2. The van der Waals surface area contributed by atoms with E-state index in [4.69, 9.17) is 34.7 Å². The van der Waals surface area contributed by atoms with Gasteiger partial charge >= 0.3 is 0 Å². The molecule has 1 aromatic rings. The molecule has 0 spiro atoms. The minimum atomic E-state index is 0.426. The highest BCUT2D eigenvalue weighted by Gasteiger charge is 2.02. The van der Waals surface area contributed by atoms with E-state index in [-0.39, 0.29) is 0 Å². The van der Waals surface area contributed by atoms with Crippen LogP contribution in [-0.4, -0.2) is 6.54 Å². The molecule has 0 amide bonds. The zero-order chi connectivity index (χ0) is 10.6. The van der Waals surface area contributed by atoms with Crippen molar-refractivity contribution in [1.82, 2.24) is 0 Å². The predicted molar refractivity (Wildman–Crippen MR) is 61.4 cm³/mol. The molecule has 0 saturated heterocycles. The van der Waals surface area contributed by atoms with Crippen molar-refractivity contribution in [1.29, 1.82) is 0 Å². The summed E-state index contributed by atoms with van der Waals surface area (Å²) in [5.41, 5.74) is 12.1. The van der Waals surface area contributed by atoms with Crippen LogP contribution >= 0.6 is 23.2 Å². The molecule has 0 aliphatic carbocycles. The third-order valence-electron chi connectivity index (χ3n) is 1.59. The minimum Gasteiger partial charge on any atom is -0.397 e. The highest BCUT2D eigenvalue weighted by molar-refractivity contribution is 6.36. The summed E-state index contributed by atoms with van der Waals surface area (Å²) >= 11 is 11.6. The Morgan fingerprint density at radius 2 is 2.00 bits per heavy atom. The summed E-state index contributed by atoms with van der Waals surface area (Å²) in [6.45, 7) is 0.529. The van der Waals surface area contributed by atoms with Crippen LogP contribution < -0.4 is 11.5 Å². The van der Waals surface area contributed by atoms with E-state index in [1.807, 2.05) is 0 Å². The van der Waals surface area contributed by atoms with Gasteiger partial charge in [-0.15, -0.1) is 0 Å². The predicted octanol–water partition coefficient (Wildman–Crippen LogP) is 2.28. The second kappa shape index (κ2) is 5.11. The SMILES string of the molecule is NCCC#Cc1cc(Cl)cc(Cl)c1N. The Hall–Kier alpha value is -0.880. The third-order valence-corrected chi connectivity index (χ3v) is 2.12. The van der Waals surface area contributed by atoms with Gasteiger partial charge < -0.3 is 11.5 Å². The van der Waals surface area contributed by atoms with Crippen molar-refractivity contribution in [2.75, 3.05) is 12.3 Å². The van der Waals surface area contributed by atoms with Crippen molar-refractivity contribution in [2.45, 2.75) is 6.42 Å². The van der Waals surface area contributed by atoms with Crippen LogP contribution in [0.5, 0.6) is 0 Å². The molecule has 2 nitrogen and oxygen atoms in total. The lowest BCUT2D eigenvalue weighted by atomic mass is 10.2. The Balaban J connectivity index is 3.04. The summed E-state index contributed by atoms with van der Waals surface area (Å²) in [6, 6.07) is 3.28. The van der Waals surface area contributed by atoms with Crippen LogP contribution in [0.1, 0.15) is 12.0 Å². The zero-order valence-electron chi connectivity index (χ0n) is 7.48. The van der Waals surface area contributed by atoms with Gasteiger partial charge in [-0.05, 0) is 12.1 Å². The quantitative estimate of drug-likeness (QED) is 0.573. The molecule has 0 atom stereocenters. The molecule has 0 aliphatic rings. The first-order chi connectivity index (χ1) is 6.65. The fourth-order valence-electron chi connectivity index (χ4n) is 0.918. The van der Waals surface area contributed by atoms with E-state index in [9.17, 15) is 0 Å². The van der Waals surface area contributed by atoms with E-state index in [0.29, 0.717) is 34.3 Å². The molecule has 0 saturated carbocycles. The van der Waals surface area contributed by atoms with Gasteiger partial charge in [0.25, 0.3) is 0 Å². The molecule has 4 N–H and O–H groups in total. The molecule has 0 unspecified atom stereocenters. The second-order valence-electron chi connectivity index (χ2n) is 2.69. The molecule has 1 rings (SSSR count). The maximum Gasteiger partial charge on any atom is 0.0663 e. The Morgan fingerprint density at radius 3 is 2.64 bits per heavy atom. The standard InChI is InChI=1S/C10H10Cl2N2/c11-8-5-7(3-1-2-4-13)10(14)9(12)6-8/h5-6H,2,4,13-14H2. The minimum absolute atomic E-state index is 0.426. The van der Waals surface area contributed by atoms with Gasteiger partial charge in [-0.1, -0.05) is 35.0 Å². The molecular formula is C10H10Cl2N2. The van der Waals surface area contributed by atoms with E-state index in [0.717, 1.165) is 0 Å². The Bertz CT molecular complexity index is 391. The Morgan fingerprint density at radius 1 is 1.29 bits per heavy atom. The largest absolute Gasteiger partial charge is 0.397 e. The molecule has 1 aromatic carbocycles. The highest BCUT2D eigenvalue weighted by Crippen LogP contribution is 2.26. The molecule has 0 aromatic heterocycles. The van der Waals surface area contributed by atoms with E-state index in [2.05, 4.69) is 11.8 Å². The Kier molecular flexibility index (Phi) is 4.09. The molecule has 0 fully saturated rings. The van der Waals surface area contributed by atoms with E-state index in [1.54, 1.807) is 12.1 Å². The molecule has 0 radical (unpaired) electrons. The average Bonchev–Trinajstić information content (AvgIpc) is 2.13. The Labute approximate surface area is 93.2 Å². The van der Waals surface area contributed by atoms with Gasteiger partial charge in [-0.2, -0.15) is 0 Å². The van der Waals surface area contributed by atoms with Gasteiger partial charge in [-0.25, -0.2) is 0 Å². The van der Waals surface area contributed by atoms with E-state index < -0.39 is 0 Å². The first-order valence-corrected chi connectivity index (χ1v) is 4.84. The molecule has 0 bridgehead atoms. The molecule has 0 aliphatic heterocycles. The van der Waals surface area contributed by atoms with Crippen LogP contribution in [0.3, 0.4) is 0 Å². The van der Waals surface area contributed by atoms with E-state index >= 15 is 0 Å². The van der Waals surface area contributed by atoms with Crippen molar-refractivity contribution in [3.63, 3.8) is 0 Å². The molecule has 74 valence electrons. The van der Waals surface area contributed by atoms with Gasteiger partial charge in [0.05, 0.1) is 16.3 Å². The molecular weight excluding hydrogens is 219 g/mol. The van der Waals surface area contributed by atoms with Crippen LogP contribution in [0.15, 0.2) is 12.1 Å². The van der Waals surface area contributed by atoms with Crippen molar-refractivity contribution in [3.8, 4) is 11.8 Å². The summed E-state index contributed by atoms with van der Waals surface area (Å²) < 4.78 is 0. The number of nitrogens with two attached hydrogens (primary N) is 2. The second-order valence-corrected chi connectivity index (χ2v) is 3.53.